The van der Waals surface area contributed by atoms with Gasteiger partial charge in [-0.3, -0.25) is 0 Å². The molecule has 3 aromatic rings. The largest absolute Gasteiger partial charge is 0.494 e. The lowest BCUT2D eigenvalue weighted by atomic mass is 9.73. The molecule has 0 aliphatic carbocycles. The average Bonchev–Trinajstić information content (AvgIpc) is 3.41. The molecule has 0 saturated heterocycles. The molecule has 0 saturated carbocycles. The lowest BCUT2D eigenvalue weighted by molar-refractivity contribution is -0.0256. The molecule has 1 N–H and O–H groups in total. The summed E-state index contributed by atoms with van der Waals surface area (Å²) in [5.41, 5.74) is 4.86. The van der Waals surface area contributed by atoms with E-state index >= 15 is 0 Å². The van der Waals surface area contributed by atoms with Crippen LogP contribution in [0.4, 0.5) is 5.69 Å². The number of rotatable bonds is 7. The first-order valence-electron chi connectivity index (χ1n) is 11.4. The van der Waals surface area contributed by atoms with Crippen molar-refractivity contribution in [2.75, 3.05) is 11.9 Å². The van der Waals surface area contributed by atoms with E-state index in [4.69, 9.17) is 9.47 Å². The van der Waals surface area contributed by atoms with E-state index in [0.717, 1.165) is 16.8 Å². The number of benzene rings is 3. The second-order valence-corrected chi connectivity index (χ2v) is 7.65. The molecular formula is C29H31NO2. The van der Waals surface area contributed by atoms with Crippen LogP contribution in [0, 0.1) is 0 Å². The lowest BCUT2D eigenvalue weighted by Crippen LogP contribution is -2.39. The molecule has 0 fully saturated rings. The Kier molecular flexibility index (Phi) is 6.48. The van der Waals surface area contributed by atoms with Crippen molar-refractivity contribution in [3.8, 4) is 0 Å². The molecule has 0 aromatic heterocycles. The van der Waals surface area contributed by atoms with E-state index < -0.39 is 5.60 Å². The van der Waals surface area contributed by atoms with Crippen LogP contribution in [0.1, 0.15) is 49.6 Å². The van der Waals surface area contributed by atoms with Crippen molar-refractivity contribution in [2.45, 2.75) is 38.5 Å². The maximum absolute atomic E-state index is 6.80. The minimum absolute atomic E-state index is 0.0998. The van der Waals surface area contributed by atoms with E-state index in [1.807, 2.05) is 45.0 Å². The first-order valence-corrected chi connectivity index (χ1v) is 11.4. The molecule has 2 heterocycles. The second kappa shape index (κ2) is 9.46. The van der Waals surface area contributed by atoms with Crippen molar-refractivity contribution < 1.29 is 9.47 Å². The Balaban J connectivity index is 0.00000119. The molecule has 3 nitrogen and oxygen atoms in total. The van der Waals surface area contributed by atoms with E-state index in [2.05, 4.69) is 78.6 Å². The molecule has 3 aromatic carbocycles. The molecule has 0 spiro atoms. The maximum atomic E-state index is 6.80. The molecule has 0 radical (unpaired) electrons. The van der Waals surface area contributed by atoms with Crippen LogP contribution in [0.15, 0.2) is 109 Å². The van der Waals surface area contributed by atoms with Crippen LogP contribution in [0.2, 0.25) is 0 Å². The van der Waals surface area contributed by atoms with Gasteiger partial charge in [0.25, 0.3) is 0 Å². The highest BCUT2D eigenvalue weighted by Crippen LogP contribution is 2.61. The Morgan fingerprint density at radius 2 is 1.59 bits per heavy atom. The third-order valence-corrected chi connectivity index (χ3v) is 5.94. The lowest BCUT2D eigenvalue weighted by Gasteiger charge is -2.39. The van der Waals surface area contributed by atoms with Crippen molar-refractivity contribution in [2.24, 2.45) is 0 Å². The highest BCUT2D eigenvalue weighted by atomic mass is 16.5. The number of ether oxygens (including phenoxy) is 2. The van der Waals surface area contributed by atoms with Gasteiger partial charge in [-0.05, 0) is 41.8 Å². The van der Waals surface area contributed by atoms with Crippen molar-refractivity contribution in [3.05, 3.63) is 126 Å². The van der Waals surface area contributed by atoms with Crippen molar-refractivity contribution in [3.63, 3.8) is 0 Å². The highest BCUT2D eigenvalue weighted by Gasteiger charge is 2.58. The van der Waals surface area contributed by atoms with E-state index in [1.54, 1.807) is 0 Å². The van der Waals surface area contributed by atoms with Crippen LogP contribution in [-0.2, 0) is 15.1 Å². The van der Waals surface area contributed by atoms with Gasteiger partial charge in [0.1, 0.15) is 17.5 Å². The zero-order valence-electron chi connectivity index (χ0n) is 19.0. The molecule has 2 aliphatic rings. The predicted octanol–water partition coefficient (Wildman–Crippen LogP) is 7.32. The minimum atomic E-state index is -0.718. The summed E-state index contributed by atoms with van der Waals surface area (Å²) in [5.74, 6) is 0.672. The minimum Gasteiger partial charge on any atom is -0.494 e. The number of nitrogens with one attached hydrogen (secondary N) is 1. The number of hydrogen-bond donors (Lipinski definition) is 1. The van der Waals surface area contributed by atoms with E-state index in [-0.39, 0.29) is 12.1 Å². The average molecular weight is 426 g/mol. The van der Waals surface area contributed by atoms with Crippen LogP contribution >= 0.6 is 0 Å². The Morgan fingerprint density at radius 1 is 0.969 bits per heavy atom. The number of anilines is 1. The molecule has 5 rings (SSSR count). The van der Waals surface area contributed by atoms with Crippen molar-refractivity contribution in [1.82, 2.24) is 0 Å². The highest BCUT2D eigenvalue weighted by molar-refractivity contribution is 5.60. The molecule has 164 valence electrons. The third-order valence-electron chi connectivity index (χ3n) is 5.94. The van der Waals surface area contributed by atoms with Gasteiger partial charge in [0, 0.05) is 11.3 Å². The SMILES string of the molecule is C=C(OCC)C1=CC2OC1(C(Nc1ccccc1)c1ccccc1)c1ccccc12.CC. The maximum Gasteiger partial charge on any atom is 0.147 e. The van der Waals surface area contributed by atoms with Gasteiger partial charge in [0.05, 0.1) is 12.6 Å². The summed E-state index contributed by atoms with van der Waals surface area (Å²) in [5, 5.41) is 3.76. The Bertz CT molecular complexity index is 1090. The molecule has 3 heteroatoms. The summed E-state index contributed by atoms with van der Waals surface area (Å²) < 4.78 is 12.7. The predicted molar refractivity (Wildman–Crippen MR) is 131 cm³/mol. The molecule has 2 bridgehead atoms. The molecule has 3 atom stereocenters. The zero-order valence-corrected chi connectivity index (χ0v) is 19.0. The molecular weight excluding hydrogens is 394 g/mol. The summed E-state index contributed by atoms with van der Waals surface area (Å²) >= 11 is 0. The molecule has 2 aliphatic heterocycles. The number of hydrogen-bond acceptors (Lipinski definition) is 3. The number of para-hydroxylation sites is 1. The topological polar surface area (TPSA) is 30.5 Å². The Hall–Kier alpha value is -3.30. The Labute approximate surface area is 191 Å². The smallest absolute Gasteiger partial charge is 0.147 e. The van der Waals surface area contributed by atoms with Gasteiger partial charge in [-0.2, -0.15) is 0 Å². The van der Waals surface area contributed by atoms with Crippen LogP contribution in [0.25, 0.3) is 0 Å². The van der Waals surface area contributed by atoms with Crippen LogP contribution in [0.5, 0.6) is 0 Å². The van der Waals surface area contributed by atoms with Crippen LogP contribution in [0.3, 0.4) is 0 Å². The van der Waals surface area contributed by atoms with Gasteiger partial charge >= 0.3 is 0 Å². The standard InChI is InChI=1S/C27H25NO2.C2H6/c1-3-29-19(2)24-18-25-22-16-10-11-17-23(22)27(24,30-25)26(20-12-6-4-7-13-20)28-21-14-8-5-9-15-21;1-2/h4-18,25-26,28H,2-3H2,1H3;1-2H3. The Morgan fingerprint density at radius 3 is 2.28 bits per heavy atom. The van der Waals surface area contributed by atoms with Crippen LogP contribution < -0.4 is 5.32 Å². The summed E-state index contributed by atoms with van der Waals surface area (Å²) in [7, 11) is 0. The number of fused-ring (bicyclic) bond motifs is 5. The summed E-state index contributed by atoms with van der Waals surface area (Å²) in [4.78, 5) is 0. The molecule has 0 amide bonds. The first-order chi connectivity index (χ1) is 15.7. The fourth-order valence-corrected chi connectivity index (χ4v) is 4.72. The monoisotopic (exact) mass is 425 g/mol. The quantitative estimate of drug-likeness (QED) is 0.402. The third kappa shape index (κ3) is 3.63. The summed E-state index contributed by atoms with van der Waals surface area (Å²) in [6, 6.07) is 29.1. The molecule has 32 heavy (non-hydrogen) atoms. The second-order valence-electron chi connectivity index (χ2n) is 7.65. The van der Waals surface area contributed by atoms with Gasteiger partial charge < -0.3 is 14.8 Å². The van der Waals surface area contributed by atoms with E-state index in [9.17, 15) is 0 Å². The van der Waals surface area contributed by atoms with Gasteiger partial charge in [0.15, 0.2) is 0 Å². The summed E-state index contributed by atoms with van der Waals surface area (Å²) in [6.45, 7) is 10.8. The van der Waals surface area contributed by atoms with Crippen LogP contribution in [-0.4, -0.2) is 6.61 Å². The van der Waals surface area contributed by atoms with Crippen molar-refractivity contribution in [1.29, 1.82) is 0 Å². The fraction of sp³-hybridized carbons (Fsp3) is 0.241. The van der Waals surface area contributed by atoms with Gasteiger partial charge in [-0.25, -0.2) is 0 Å². The first kappa shape index (κ1) is 21.9. The molecule has 3 unspecified atom stereocenters. The normalized spacial score (nSPS) is 21.0. The van der Waals surface area contributed by atoms with Gasteiger partial charge in [0.2, 0.25) is 0 Å². The van der Waals surface area contributed by atoms with E-state index in [1.165, 1.54) is 11.1 Å². The van der Waals surface area contributed by atoms with Crippen molar-refractivity contribution >= 4 is 5.69 Å². The van der Waals surface area contributed by atoms with Gasteiger partial charge in [-0.1, -0.05) is 93.2 Å². The summed E-state index contributed by atoms with van der Waals surface area (Å²) in [6.07, 6.45) is 2.07. The zero-order chi connectivity index (χ0) is 22.6. The fourth-order valence-electron chi connectivity index (χ4n) is 4.72. The van der Waals surface area contributed by atoms with Gasteiger partial charge in [-0.15, -0.1) is 0 Å². The van der Waals surface area contributed by atoms with E-state index in [0.29, 0.717) is 12.4 Å².